The highest BCUT2D eigenvalue weighted by Gasteiger charge is 2.44. The van der Waals surface area contributed by atoms with Gasteiger partial charge in [-0.2, -0.15) is 0 Å². The SMILES string of the molecule is C#CC#CC#CC#CC#CC#CC#CC#CC#CC#CC#CC(=O)N[C@@H](COC1OC(CO)C(O)C(O)C1O)[C@H](O)[C@@H](C)O. The summed E-state index contributed by atoms with van der Waals surface area (Å²) >= 11 is 0. The standard InChI is InChI=1S/C34H23NO9/c1-3-4-5-6-7-8-9-10-11-12-13-14-15-16-17-18-19-20-21-22-23-29(38)35-27(30(39)26(2)37)25-43-34-33(42)32(41)31(40)28(24-36)44-34/h1,26-28,30-34,36-37,39-42H,24-25H2,2H3,(H,35,38)/t26-,27+,28?,30-,31?,32?,33?,34?/m1/s1. The zero-order chi connectivity index (χ0) is 32.6. The first-order chi connectivity index (χ1) is 21.2. The van der Waals surface area contributed by atoms with E-state index in [-0.39, 0.29) is 0 Å². The number of ether oxygens (including phenoxy) is 2. The van der Waals surface area contributed by atoms with E-state index in [1.165, 1.54) is 6.92 Å². The molecular formula is C34H23NO9. The lowest BCUT2D eigenvalue weighted by atomic mass is 9.99. The van der Waals surface area contributed by atoms with Crippen LogP contribution in [-0.2, 0) is 14.3 Å². The van der Waals surface area contributed by atoms with Gasteiger partial charge in [-0.15, -0.1) is 6.42 Å². The van der Waals surface area contributed by atoms with E-state index in [4.69, 9.17) is 15.9 Å². The number of rotatable bonds is 7. The van der Waals surface area contributed by atoms with E-state index in [2.05, 4.69) is 130 Å². The van der Waals surface area contributed by atoms with Gasteiger partial charge < -0.3 is 45.4 Å². The van der Waals surface area contributed by atoms with Crippen molar-refractivity contribution in [3.63, 3.8) is 0 Å². The second kappa shape index (κ2) is 22.0. The molecule has 0 aromatic rings. The predicted molar refractivity (Wildman–Crippen MR) is 156 cm³/mol. The highest BCUT2D eigenvalue weighted by atomic mass is 16.7. The maximum Gasteiger partial charge on any atom is 0.297 e. The maximum absolute atomic E-state index is 12.2. The predicted octanol–water partition coefficient (Wildman–Crippen LogP) is -4.30. The van der Waals surface area contributed by atoms with Gasteiger partial charge in [0.2, 0.25) is 0 Å². The van der Waals surface area contributed by atoms with Crippen LogP contribution in [0.25, 0.3) is 0 Å². The van der Waals surface area contributed by atoms with Crippen LogP contribution in [0.1, 0.15) is 6.92 Å². The molecular weight excluding hydrogens is 566 g/mol. The van der Waals surface area contributed by atoms with Crippen LogP contribution >= 0.6 is 0 Å². The molecule has 0 aromatic heterocycles. The second-order valence-electron chi connectivity index (χ2n) is 7.99. The molecule has 8 atom stereocenters. The van der Waals surface area contributed by atoms with Crippen LogP contribution in [-0.4, -0.2) is 98.7 Å². The average molecular weight is 590 g/mol. The number of nitrogens with one attached hydrogen (secondary N) is 1. The Kier molecular flexibility index (Phi) is 18.1. The van der Waals surface area contributed by atoms with Gasteiger partial charge >= 0.3 is 0 Å². The van der Waals surface area contributed by atoms with E-state index in [0.717, 1.165) is 0 Å². The molecule has 10 nitrogen and oxygen atoms in total. The first-order valence-corrected chi connectivity index (χ1v) is 12.3. The van der Waals surface area contributed by atoms with Gasteiger partial charge in [0, 0.05) is 29.6 Å². The molecule has 1 aliphatic rings. The van der Waals surface area contributed by atoms with Crippen LogP contribution in [0.5, 0.6) is 0 Å². The lowest BCUT2D eigenvalue weighted by Crippen LogP contribution is -2.60. The highest BCUT2D eigenvalue weighted by molar-refractivity contribution is 5.94. The molecule has 0 aliphatic carbocycles. The number of aliphatic hydroxyl groups excluding tert-OH is 6. The fraction of sp³-hybridized carbons (Fsp3) is 0.324. The van der Waals surface area contributed by atoms with Crippen molar-refractivity contribution < 1.29 is 44.9 Å². The molecule has 0 radical (unpaired) electrons. The number of hydrogen-bond donors (Lipinski definition) is 7. The van der Waals surface area contributed by atoms with Crippen molar-refractivity contribution in [3.8, 4) is 131 Å². The van der Waals surface area contributed by atoms with Crippen molar-refractivity contribution in [1.82, 2.24) is 5.32 Å². The quantitative estimate of drug-likeness (QED) is 0.145. The van der Waals surface area contributed by atoms with E-state index in [1.54, 1.807) is 0 Å². The highest BCUT2D eigenvalue weighted by Crippen LogP contribution is 2.22. The number of carbonyl (C=O) groups is 1. The van der Waals surface area contributed by atoms with Crippen molar-refractivity contribution in [1.29, 1.82) is 0 Å². The summed E-state index contributed by atoms with van der Waals surface area (Å²) in [5.41, 5.74) is 0. The minimum absolute atomic E-state index is 0.505. The van der Waals surface area contributed by atoms with Gasteiger partial charge in [-0.3, -0.25) is 4.79 Å². The lowest BCUT2D eigenvalue weighted by Gasteiger charge is -2.40. The van der Waals surface area contributed by atoms with Crippen molar-refractivity contribution >= 4 is 5.91 Å². The fourth-order valence-electron chi connectivity index (χ4n) is 2.83. The Morgan fingerprint density at radius 1 is 0.750 bits per heavy atom. The third-order valence-electron chi connectivity index (χ3n) is 4.88. The molecule has 0 spiro atoms. The normalized spacial score (nSPS) is 20.4. The molecule has 0 bridgehead atoms. The molecule has 1 heterocycles. The summed E-state index contributed by atoms with van der Waals surface area (Å²) in [7, 11) is 0. The summed E-state index contributed by atoms with van der Waals surface area (Å²) in [5, 5.41) is 61.3. The average Bonchev–Trinajstić information content (AvgIpc) is 3.01. The van der Waals surface area contributed by atoms with Crippen LogP contribution in [0.3, 0.4) is 0 Å². The Labute approximate surface area is 255 Å². The summed E-state index contributed by atoms with van der Waals surface area (Å²) in [6.45, 7) is 0.0899. The van der Waals surface area contributed by atoms with E-state index in [1.807, 2.05) is 0 Å². The first-order valence-electron chi connectivity index (χ1n) is 12.3. The number of hydrogen-bond acceptors (Lipinski definition) is 9. The van der Waals surface area contributed by atoms with Crippen LogP contribution in [0.2, 0.25) is 0 Å². The first kappa shape index (κ1) is 36.3. The van der Waals surface area contributed by atoms with Crippen molar-refractivity contribution in [2.24, 2.45) is 0 Å². The van der Waals surface area contributed by atoms with Gasteiger partial charge in [-0.1, -0.05) is 0 Å². The Hall–Kier alpha value is -5.69. The minimum atomic E-state index is -1.70. The zero-order valence-corrected chi connectivity index (χ0v) is 23.0. The summed E-state index contributed by atoms with van der Waals surface area (Å²) in [5.74, 6) is 49.0. The third kappa shape index (κ3) is 14.8. The summed E-state index contributed by atoms with van der Waals surface area (Å²) in [6.07, 6.45) is -5.59. The molecule has 5 unspecified atom stereocenters. The fourth-order valence-corrected chi connectivity index (χ4v) is 2.83. The second-order valence-corrected chi connectivity index (χ2v) is 7.99. The van der Waals surface area contributed by atoms with Crippen molar-refractivity contribution in [2.75, 3.05) is 13.2 Å². The molecule has 218 valence electrons. The monoisotopic (exact) mass is 589 g/mol. The molecule has 1 saturated heterocycles. The molecule has 44 heavy (non-hydrogen) atoms. The summed E-state index contributed by atoms with van der Waals surface area (Å²) in [4.78, 5) is 12.2. The van der Waals surface area contributed by atoms with E-state index < -0.39 is 68.1 Å². The van der Waals surface area contributed by atoms with Crippen LogP contribution in [0.4, 0.5) is 0 Å². The van der Waals surface area contributed by atoms with E-state index in [9.17, 15) is 35.4 Å². The Morgan fingerprint density at radius 2 is 1.18 bits per heavy atom. The van der Waals surface area contributed by atoms with Gasteiger partial charge in [0.25, 0.3) is 5.91 Å². The topological polar surface area (TPSA) is 169 Å². The van der Waals surface area contributed by atoms with E-state index >= 15 is 0 Å². The molecule has 0 saturated carbocycles. The number of terminal acetylenes is 1. The Balaban J connectivity index is 2.65. The van der Waals surface area contributed by atoms with Crippen molar-refractivity contribution in [2.45, 2.75) is 55.9 Å². The van der Waals surface area contributed by atoms with Gasteiger partial charge in [-0.05, 0) is 102 Å². The van der Waals surface area contributed by atoms with Crippen LogP contribution < -0.4 is 5.32 Å². The molecule has 1 fully saturated rings. The molecule has 1 amide bonds. The zero-order valence-electron chi connectivity index (χ0n) is 23.0. The maximum atomic E-state index is 12.2. The van der Waals surface area contributed by atoms with Gasteiger partial charge in [0.1, 0.15) is 30.5 Å². The molecule has 1 aliphatic heterocycles. The van der Waals surface area contributed by atoms with Crippen LogP contribution in [0.15, 0.2) is 0 Å². The minimum Gasteiger partial charge on any atom is -0.394 e. The summed E-state index contributed by atoms with van der Waals surface area (Å²) < 4.78 is 10.6. The Bertz CT molecular complexity index is 1720. The number of carbonyl (C=O) groups excluding carboxylic acids is 1. The number of aliphatic hydroxyl groups is 6. The van der Waals surface area contributed by atoms with Gasteiger partial charge in [0.05, 0.1) is 25.4 Å². The van der Waals surface area contributed by atoms with Crippen LogP contribution in [0, 0.1) is 131 Å². The summed E-state index contributed by atoms with van der Waals surface area (Å²) in [6, 6.07) is -1.23. The molecule has 1 rings (SSSR count). The smallest absolute Gasteiger partial charge is 0.297 e. The molecule has 7 N–H and O–H groups in total. The molecule has 10 heteroatoms. The van der Waals surface area contributed by atoms with Gasteiger partial charge in [0.15, 0.2) is 6.29 Å². The molecule has 0 aromatic carbocycles. The van der Waals surface area contributed by atoms with Gasteiger partial charge in [-0.25, -0.2) is 0 Å². The Morgan fingerprint density at radius 3 is 1.59 bits per heavy atom. The van der Waals surface area contributed by atoms with Crippen molar-refractivity contribution in [3.05, 3.63) is 0 Å². The van der Waals surface area contributed by atoms with E-state index in [0.29, 0.717) is 0 Å². The largest absolute Gasteiger partial charge is 0.394 e. The lowest BCUT2D eigenvalue weighted by molar-refractivity contribution is -0.303. The number of amides is 1. The third-order valence-corrected chi connectivity index (χ3v) is 4.88.